The molecule has 3 heteroatoms. The molecule has 0 fully saturated rings. The highest BCUT2D eigenvalue weighted by Crippen LogP contribution is 2.53. The molecular weight excluding hydrogens is 210 g/mol. The van der Waals surface area contributed by atoms with E-state index in [0.29, 0.717) is 0 Å². The van der Waals surface area contributed by atoms with Crippen molar-refractivity contribution in [2.24, 2.45) is 0 Å². The minimum absolute atomic E-state index is 0.412. The van der Waals surface area contributed by atoms with Crippen molar-refractivity contribution in [2.75, 3.05) is 0 Å². The van der Waals surface area contributed by atoms with Gasteiger partial charge in [0, 0.05) is 9.75 Å². The van der Waals surface area contributed by atoms with Gasteiger partial charge in [-0.15, -0.1) is 22.7 Å². The quantitative estimate of drug-likeness (QED) is 0.661. The van der Waals surface area contributed by atoms with Gasteiger partial charge in [0.2, 0.25) is 0 Å². The molecule has 0 spiro atoms. The lowest BCUT2D eigenvalue weighted by molar-refractivity contribution is 0.768. The van der Waals surface area contributed by atoms with Crippen molar-refractivity contribution in [1.82, 2.24) is 0 Å². The van der Waals surface area contributed by atoms with E-state index in [0.717, 1.165) is 0 Å². The topological polar surface area (TPSA) is 23.8 Å². The third-order valence-electron chi connectivity index (χ3n) is 2.84. The third-order valence-corrected chi connectivity index (χ3v) is 4.83. The molecule has 0 aliphatic heterocycles. The molecule has 0 aromatic carbocycles. The monoisotopic (exact) mass is 217 g/mol. The van der Waals surface area contributed by atoms with E-state index in [2.05, 4.69) is 29.0 Å². The molecule has 3 rings (SSSR count). The number of nitriles is 1. The van der Waals surface area contributed by atoms with Gasteiger partial charge in [-0.25, -0.2) is 0 Å². The van der Waals surface area contributed by atoms with Gasteiger partial charge in [0.05, 0.1) is 6.07 Å². The fourth-order valence-corrected chi connectivity index (χ4v) is 4.22. The molecule has 2 aromatic heterocycles. The van der Waals surface area contributed by atoms with Crippen LogP contribution >= 0.6 is 22.7 Å². The smallest absolute Gasteiger partial charge is 0.107 e. The highest BCUT2D eigenvalue weighted by atomic mass is 32.1. The van der Waals surface area contributed by atoms with Crippen LogP contribution in [0.5, 0.6) is 0 Å². The summed E-state index contributed by atoms with van der Waals surface area (Å²) < 4.78 is 0. The predicted octanol–water partition coefficient (Wildman–Crippen LogP) is 3.62. The molecule has 2 heterocycles. The molecule has 1 nitrogen and oxygen atoms in total. The predicted molar refractivity (Wildman–Crippen MR) is 59.7 cm³/mol. The van der Waals surface area contributed by atoms with Crippen molar-refractivity contribution < 1.29 is 0 Å². The minimum Gasteiger partial charge on any atom is -0.197 e. The van der Waals surface area contributed by atoms with E-state index < -0.39 is 5.41 Å². The Morgan fingerprint density at radius 1 is 1.14 bits per heavy atom. The standard InChI is InChI=1S/C11H7NS2/c1-11(6-12)7-2-4-13-9(7)10-8(11)3-5-14-10/h2-5H,1H3. The zero-order valence-electron chi connectivity index (χ0n) is 7.57. The highest BCUT2D eigenvalue weighted by Gasteiger charge is 2.41. The Kier molecular flexibility index (Phi) is 1.45. The molecule has 0 N–H and O–H groups in total. The Bertz CT molecular complexity index is 501. The first-order valence-corrected chi connectivity index (χ1v) is 6.11. The van der Waals surface area contributed by atoms with E-state index >= 15 is 0 Å². The lowest BCUT2D eigenvalue weighted by atomic mass is 9.83. The van der Waals surface area contributed by atoms with Crippen LogP contribution in [0.25, 0.3) is 9.75 Å². The molecular formula is C11H7NS2. The van der Waals surface area contributed by atoms with E-state index in [4.69, 9.17) is 0 Å². The van der Waals surface area contributed by atoms with Crippen LogP contribution in [0.2, 0.25) is 0 Å². The van der Waals surface area contributed by atoms with Crippen LogP contribution in [0.1, 0.15) is 18.1 Å². The maximum absolute atomic E-state index is 9.31. The van der Waals surface area contributed by atoms with Crippen molar-refractivity contribution in [3.05, 3.63) is 34.0 Å². The molecule has 0 bridgehead atoms. The minimum atomic E-state index is -0.412. The van der Waals surface area contributed by atoms with E-state index in [1.165, 1.54) is 20.9 Å². The number of nitrogens with zero attached hydrogens (tertiary/aromatic N) is 1. The Hall–Kier alpha value is -1.11. The zero-order chi connectivity index (χ0) is 9.76. The molecule has 0 saturated carbocycles. The normalized spacial score (nSPS) is 16.0. The van der Waals surface area contributed by atoms with Crippen LogP contribution in [-0.2, 0) is 5.41 Å². The van der Waals surface area contributed by atoms with E-state index in [9.17, 15) is 5.26 Å². The van der Waals surface area contributed by atoms with Crippen LogP contribution in [0, 0.1) is 11.3 Å². The summed E-state index contributed by atoms with van der Waals surface area (Å²) >= 11 is 3.47. The fourth-order valence-electron chi connectivity index (χ4n) is 2.02. The number of fused-ring (bicyclic) bond motifs is 3. The average molecular weight is 217 g/mol. The van der Waals surface area contributed by atoms with Gasteiger partial charge in [0.1, 0.15) is 5.41 Å². The summed E-state index contributed by atoms with van der Waals surface area (Å²) in [6.07, 6.45) is 0. The Balaban J connectivity index is 2.45. The average Bonchev–Trinajstić information content (AvgIpc) is 2.85. The summed E-state index contributed by atoms with van der Waals surface area (Å²) in [7, 11) is 0. The summed E-state index contributed by atoms with van der Waals surface area (Å²) in [6.45, 7) is 2.01. The van der Waals surface area contributed by atoms with Gasteiger partial charge in [-0.2, -0.15) is 5.26 Å². The molecule has 68 valence electrons. The van der Waals surface area contributed by atoms with Gasteiger partial charge >= 0.3 is 0 Å². The second kappa shape index (κ2) is 2.47. The number of hydrogen-bond donors (Lipinski definition) is 0. The molecule has 2 aromatic rings. The first-order valence-electron chi connectivity index (χ1n) is 4.35. The first kappa shape index (κ1) is 8.22. The maximum Gasteiger partial charge on any atom is 0.107 e. The summed E-state index contributed by atoms with van der Waals surface area (Å²) in [6, 6.07) is 6.60. The Morgan fingerprint density at radius 3 is 2.07 bits per heavy atom. The van der Waals surface area contributed by atoms with Gasteiger partial charge in [-0.05, 0) is 40.9 Å². The van der Waals surface area contributed by atoms with Crippen LogP contribution < -0.4 is 0 Å². The molecule has 0 radical (unpaired) electrons. The molecule has 0 atom stereocenters. The molecule has 0 unspecified atom stereocenters. The van der Waals surface area contributed by atoms with Crippen molar-refractivity contribution in [1.29, 1.82) is 5.26 Å². The first-order chi connectivity index (χ1) is 6.77. The molecule has 1 aliphatic rings. The maximum atomic E-state index is 9.31. The van der Waals surface area contributed by atoms with Crippen molar-refractivity contribution in [2.45, 2.75) is 12.3 Å². The Labute approximate surface area is 90.3 Å². The fraction of sp³-hybridized carbons (Fsp3) is 0.182. The Morgan fingerprint density at radius 2 is 1.64 bits per heavy atom. The molecule has 1 aliphatic carbocycles. The van der Waals surface area contributed by atoms with Crippen LogP contribution in [0.3, 0.4) is 0 Å². The molecule has 0 amide bonds. The number of thiophene rings is 2. The van der Waals surface area contributed by atoms with Crippen molar-refractivity contribution in [3.63, 3.8) is 0 Å². The van der Waals surface area contributed by atoms with E-state index in [1.807, 2.05) is 6.92 Å². The number of rotatable bonds is 0. The summed E-state index contributed by atoms with van der Waals surface area (Å²) in [5, 5.41) is 13.5. The molecule has 0 saturated heterocycles. The summed E-state index contributed by atoms with van der Waals surface area (Å²) in [5.41, 5.74) is 1.96. The third kappa shape index (κ3) is 0.742. The largest absolute Gasteiger partial charge is 0.197 e. The zero-order valence-corrected chi connectivity index (χ0v) is 9.21. The van der Waals surface area contributed by atoms with Gasteiger partial charge in [0.25, 0.3) is 0 Å². The van der Waals surface area contributed by atoms with Crippen LogP contribution in [-0.4, -0.2) is 0 Å². The number of hydrogen-bond acceptors (Lipinski definition) is 3. The second-order valence-electron chi connectivity index (χ2n) is 3.56. The van der Waals surface area contributed by atoms with E-state index in [1.54, 1.807) is 22.7 Å². The van der Waals surface area contributed by atoms with Gasteiger partial charge < -0.3 is 0 Å². The van der Waals surface area contributed by atoms with Crippen molar-refractivity contribution >= 4 is 22.7 Å². The van der Waals surface area contributed by atoms with Gasteiger partial charge in [0.15, 0.2) is 0 Å². The second-order valence-corrected chi connectivity index (χ2v) is 5.40. The summed E-state index contributed by atoms with van der Waals surface area (Å²) in [4.78, 5) is 2.58. The SMILES string of the molecule is CC1(C#N)c2ccsc2-c2sccc21. The van der Waals surface area contributed by atoms with Gasteiger partial charge in [-0.3, -0.25) is 0 Å². The lowest BCUT2D eigenvalue weighted by Gasteiger charge is -2.14. The molecule has 14 heavy (non-hydrogen) atoms. The van der Waals surface area contributed by atoms with Crippen LogP contribution in [0.4, 0.5) is 0 Å². The highest BCUT2D eigenvalue weighted by molar-refractivity contribution is 7.21. The van der Waals surface area contributed by atoms with Crippen LogP contribution in [0.15, 0.2) is 22.9 Å². The lowest BCUT2D eigenvalue weighted by Crippen LogP contribution is -2.16. The van der Waals surface area contributed by atoms with Gasteiger partial charge in [-0.1, -0.05) is 0 Å². The summed E-state index contributed by atoms with van der Waals surface area (Å²) in [5.74, 6) is 0. The van der Waals surface area contributed by atoms with E-state index in [-0.39, 0.29) is 0 Å². The van der Waals surface area contributed by atoms with Crippen molar-refractivity contribution in [3.8, 4) is 15.8 Å².